The van der Waals surface area contributed by atoms with Crippen molar-refractivity contribution in [1.29, 1.82) is 0 Å². The van der Waals surface area contributed by atoms with E-state index in [2.05, 4.69) is 5.10 Å². The summed E-state index contributed by atoms with van der Waals surface area (Å²) in [4.78, 5) is 20.8. The molecular formula is C6H8N2O2. The van der Waals surface area contributed by atoms with Gasteiger partial charge in [0.05, 0.1) is 5.56 Å². The fraction of sp³-hybridized carbons (Fsp3) is 0.333. The Labute approximate surface area is 57.5 Å². The van der Waals surface area contributed by atoms with Gasteiger partial charge in [-0.2, -0.15) is 0 Å². The number of nitrogens with zero attached hydrogens (tertiary/aromatic N) is 1. The maximum atomic E-state index is 10.7. The topological polar surface area (TPSA) is 54.9 Å². The molecule has 0 aliphatic carbocycles. The van der Waals surface area contributed by atoms with Crippen molar-refractivity contribution in [1.82, 2.24) is 9.78 Å². The molecule has 0 atom stereocenters. The van der Waals surface area contributed by atoms with Crippen molar-refractivity contribution in [3.8, 4) is 0 Å². The molecule has 1 N–H and O–H groups in total. The van der Waals surface area contributed by atoms with Crippen LogP contribution in [-0.4, -0.2) is 16.1 Å². The number of aromatic nitrogens is 2. The van der Waals surface area contributed by atoms with Gasteiger partial charge in [-0.25, -0.2) is 0 Å². The summed E-state index contributed by atoms with van der Waals surface area (Å²) in [5.41, 5.74) is -0.140. The van der Waals surface area contributed by atoms with E-state index in [1.165, 1.54) is 6.20 Å². The van der Waals surface area contributed by atoms with E-state index >= 15 is 0 Å². The predicted octanol–water partition coefficient (Wildman–Crippen LogP) is 0.00880. The monoisotopic (exact) mass is 140 g/mol. The van der Waals surface area contributed by atoms with Gasteiger partial charge < -0.3 is 0 Å². The molecule has 0 spiro atoms. The Morgan fingerprint density at radius 1 is 1.80 bits per heavy atom. The minimum Gasteiger partial charge on any atom is -0.298 e. The number of aromatic amines is 1. The van der Waals surface area contributed by atoms with Gasteiger partial charge in [0.1, 0.15) is 0 Å². The third-order valence-corrected chi connectivity index (χ3v) is 1.27. The standard InChI is InChI=1S/C6H8N2O2/c1-2-8-3-5(4-9)6(10)7-8/h3-4H,2H2,1H3,(H,7,10). The molecule has 0 aliphatic rings. The Bertz CT molecular complexity index is 284. The van der Waals surface area contributed by atoms with Gasteiger partial charge in [0.15, 0.2) is 6.29 Å². The number of hydrogen-bond donors (Lipinski definition) is 1. The molecule has 1 aromatic heterocycles. The minimum absolute atomic E-state index is 0.182. The lowest BCUT2D eigenvalue weighted by Crippen LogP contribution is -2.06. The molecule has 54 valence electrons. The van der Waals surface area contributed by atoms with Crippen LogP contribution in [0.25, 0.3) is 0 Å². The number of aldehydes is 1. The first-order valence-electron chi connectivity index (χ1n) is 3.02. The number of H-pyrrole nitrogens is 1. The molecule has 1 rings (SSSR count). The van der Waals surface area contributed by atoms with Gasteiger partial charge in [-0.15, -0.1) is 0 Å². The summed E-state index contributed by atoms with van der Waals surface area (Å²) >= 11 is 0. The van der Waals surface area contributed by atoms with Crippen molar-refractivity contribution in [3.63, 3.8) is 0 Å². The lowest BCUT2D eigenvalue weighted by molar-refractivity contribution is 0.112. The number of rotatable bonds is 2. The second kappa shape index (κ2) is 2.51. The lowest BCUT2D eigenvalue weighted by atomic mass is 10.4. The maximum absolute atomic E-state index is 10.7. The highest BCUT2D eigenvalue weighted by atomic mass is 16.1. The van der Waals surface area contributed by atoms with E-state index in [9.17, 15) is 9.59 Å². The normalized spacial score (nSPS) is 9.70. The van der Waals surface area contributed by atoms with Crippen molar-refractivity contribution < 1.29 is 4.79 Å². The van der Waals surface area contributed by atoms with Crippen LogP contribution in [0.2, 0.25) is 0 Å². The van der Waals surface area contributed by atoms with Crippen LogP contribution < -0.4 is 5.56 Å². The Hall–Kier alpha value is -1.32. The number of aryl methyl sites for hydroxylation is 1. The zero-order chi connectivity index (χ0) is 7.56. The highest BCUT2D eigenvalue weighted by Gasteiger charge is 1.98. The van der Waals surface area contributed by atoms with E-state index < -0.39 is 0 Å². The van der Waals surface area contributed by atoms with Crippen LogP contribution in [0.3, 0.4) is 0 Å². The Balaban J connectivity index is 3.16. The highest BCUT2D eigenvalue weighted by molar-refractivity contribution is 5.73. The zero-order valence-electron chi connectivity index (χ0n) is 5.63. The average molecular weight is 140 g/mol. The molecule has 0 fully saturated rings. The molecule has 0 amide bonds. The van der Waals surface area contributed by atoms with Crippen molar-refractivity contribution in [3.05, 3.63) is 22.1 Å². The maximum Gasteiger partial charge on any atom is 0.274 e. The van der Waals surface area contributed by atoms with Gasteiger partial charge in [-0.3, -0.25) is 19.4 Å². The molecule has 0 aliphatic heterocycles. The van der Waals surface area contributed by atoms with E-state index in [0.29, 0.717) is 12.8 Å². The first-order valence-corrected chi connectivity index (χ1v) is 3.02. The molecule has 0 saturated carbocycles. The molecule has 1 heterocycles. The molecule has 10 heavy (non-hydrogen) atoms. The smallest absolute Gasteiger partial charge is 0.274 e. The first kappa shape index (κ1) is 6.80. The van der Waals surface area contributed by atoms with Crippen molar-refractivity contribution in [2.75, 3.05) is 0 Å². The van der Waals surface area contributed by atoms with Crippen molar-refractivity contribution in [2.24, 2.45) is 0 Å². The predicted molar refractivity (Wildman–Crippen MR) is 36.1 cm³/mol. The Morgan fingerprint density at radius 2 is 2.50 bits per heavy atom. The number of nitrogens with one attached hydrogen (secondary N) is 1. The van der Waals surface area contributed by atoms with Gasteiger partial charge in [0, 0.05) is 12.7 Å². The molecule has 0 radical (unpaired) electrons. The molecule has 0 saturated heterocycles. The fourth-order valence-corrected chi connectivity index (χ4v) is 0.708. The van der Waals surface area contributed by atoms with E-state index in [1.54, 1.807) is 4.68 Å². The Kier molecular flexibility index (Phi) is 1.71. The molecule has 4 nitrogen and oxygen atoms in total. The van der Waals surface area contributed by atoms with E-state index in [0.717, 1.165) is 0 Å². The van der Waals surface area contributed by atoms with Gasteiger partial charge in [0.25, 0.3) is 5.56 Å². The van der Waals surface area contributed by atoms with Crippen molar-refractivity contribution >= 4 is 6.29 Å². The minimum atomic E-state index is -0.322. The molecule has 1 aromatic rings. The van der Waals surface area contributed by atoms with Crippen LogP contribution in [0.15, 0.2) is 11.0 Å². The van der Waals surface area contributed by atoms with Crippen LogP contribution in [0.5, 0.6) is 0 Å². The first-order chi connectivity index (χ1) is 4.77. The van der Waals surface area contributed by atoms with Crippen LogP contribution in [-0.2, 0) is 6.54 Å². The summed E-state index contributed by atoms with van der Waals surface area (Å²) < 4.78 is 1.56. The van der Waals surface area contributed by atoms with Crippen LogP contribution >= 0.6 is 0 Å². The van der Waals surface area contributed by atoms with Crippen LogP contribution in [0.4, 0.5) is 0 Å². The molecular weight excluding hydrogens is 132 g/mol. The van der Waals surface area contributed by atoms with Gasteiger partial charge >= 0.3 is 0 Å². The molecule has 0 aromatic carbocycles. The van der Waals surface area contributed by atoms with Gasteiger partial charge in [-0.05, 0) is 6.92 Å². The SMILES string of the molecule is CCn1cc(C=O)c(=O)[nH]1. The number of carbonyl (C=O) groups excluding carboxylic acids is 1. The van der Waals surface area contributed by atoms with E-state index in [4.69, 9.17) is 0 Å². The van der Waals surface area contributed by atoms with Crippen LogP contribution in [0.1, 0.15) is 17.3 Å². The Morgan fingerprint density at radius 3 is 2.80 bits per heavy atom. The largest absolute Gasteiger partial charge is 0.298 e. The summed E-state index contributed by atoms with van der Waals surface area (Å²) in [6.45, 7) is 2.55. The fourth-order valence-electron chi connectivity index (χ4n) is 0.708. The number of hydrogen-bond acceptors (Lipinski definition) is 2. The van der Waals surface area contributed by atoms with Crippen LogP contribution in [0, 0.1) is 0 Å². The molecule has 4 heteroatoms. The second-order valence-electron chi connectivity index (χ2n) is 1.93. The average Bonchev–Trinajstić information content (AvgIpc) is 2.30. The summed E-state index contributed by atoms with van der Waals surface area (Å²) in [7, 11) is 0. The van der Waals surface area contributed by atoms with E-state index in [-0.39, 0.29) is 11.1 Å². The molecule has 0 unspecified atom stereocenters. The summed E-state index contributed by atoms with van der Waals surface area (Å²) in [5.74, 6) is 0. The quantitative estimate of drug-likeness (QED) is 0.588. The second-order valence-corrected chi connectivity index (χ2v) is 1.93. The van der Waals surface area contributed by atoms with Gasteiger partial charge in [-0.1, -0.05) is 0 Å². The van der Waals surface area contributed by atoms with Gasteiger partial charge in [0.2, 0.25) is 0 Å². The highest BCUT2D eigenvalue weighted by Crippen LogP contribution is 1.84. The molecule has 0 bridgehead atoms. The third kappa shape index (κ3) is 1.00. The lowest BCUT2D eigenvalue weighted by Gasteiger charge is -1.90. The van der Waals surface area contributed by atoms with E-state index in [1.807, 2.05) is 6.92 Å². The summed E-state index contributed by atoms with van der Waals surface area (Å²) in [5, 5.41) is 2.48. The summed E-state index contributed by atoms with van der Waals surface area (Å²) in [6, 6.07) is 0. The summed E-state index contributed by atoms with van der Waals surface area (Å²) in [6.07, 6.45) is 2.04. The number of carbonyl (C=O) groups is 1. The third-order valence-electron chi connectivity index (χ3n) is 1.27. The van der Waals surface area contributed by atoms with Crippen molar-refractivity contribution in [2.45, 2.75) is 13.5 Å². The zero-order valence-corrected chi connectivity index (χ0v) is 5.63.